The van der Waals surface area contributed by atoms with Crippen molar-refractivity contribution in [2.45, 2.75) is 26.3 Å². The lowest BCUT2D eigenvalue weighted by Crippen LogP contribution is -2.26. The Bertz CT molecular complexity index is 808. The van der Waals surface area contributed by atoms with E-state index in [1.165, 1.54) is 0 Å². The highest BCUT2D eigenvalue weighted by Crippen LogP contribution is 2.18. The second-order valence-corrected chi connectivity index (χ2v) is 5.79. The minimum absolute atomic E-state index is 0.143. The van der Waals surface area contributed by atoms with Crippen LogP contribution in [0, 0.1) is 0 Å². The van der Waals surface area contributed by atoms with Gasteiger partial charge in [-0.1, -0.05) is 12.1 Å². The van der Waals surface area contributed by atoms with Gasteiger partial charge in [0.2, 0.25) is 0 Å². The lowest BCUT2D eigenvalue weighted by molar-refractivity contribution is 0.0949. The van der Waals surface area contributed by atoms with Crippen molar-refractivity contribution in [3.05, 3.63) is 60.2 Å². The van der Waals surface area contributed by atoms with Gasteiger partial charge in [-0.15, -0.1) is 0 Å². The summed E-state index contributed by atoms with van der Waals surface area (Å²) in [6.07, 6.45) is 4.26. The fourth-order valence-electron chi connectivity index (χ4n) is 2.55. The molecule has 0 radical (unpaired) electrons. The Morgan fingerprint density at radius 3 is 2.83 bits per heavy atom. The van der Waals surface area contributed by atoms with Crippen LogP contribution in [0.25, 0.3) is 11.0 Å². The minimum atomic E-state index is -0.143. The second kappa shape index (κ2) is 6.60. The number of pyridine rings is 1. The molecular formula is C18H20N4O. The van der Waals surface area contributed by atoms with Gasteiger partial charge in [0.25, 0.3) is 5.91 Å². The van der Waals surface area contributed by atoms with E-state index in [1.807, 2.05) is 6.33 Å². The first-order chi connectivity index (χ1) is 11.1. The van der Waals surface area contributed by atoms with Crippen LogP contribution < -0.4 is 5.32 Å². The molecular weight excluding hydrogens is 288 g/mol. The molecule has 0 aliphatic carbocycles. The number of carbonyl (C=O) groups is 1. The minimum Gasteiger partial charge on any atom is -0.350 e. The normalized spacial score (nSPS) is 11.1. The Kier molecular flexibility index (Phi) is 4.37. The smallest absolute Gasteiger partial charge is 0.269 e. The molecule has 0 aliphatic heterocycles. The molecule has 5 nitrogen and oxygen atoms in total. The van der Waals surface area contributed by atoms with E-state index < -0.39 is 0 Å². The van der Waals surface area contributed by atoms with Crippen molar-refractivity contribution in [1.29, 1.82) is 0 Å². The fourth-order valence-corrected chi connectivity index (χ4v) is 2.55. The molecule has 0 unspecified atom stereocenters. The fraction of sp³-hybridized carbons (Fsp3) is 0.278. The van der Waals surface area contributed by atoms with Crippen molar-refractivity contribution in [2.24, 2.45) is 0 Å². The maximum atomic E-state index is 11.9. The number of benzene rings is 1. The lowest BCUT2D eigenvalue weighted by Gasteiger charge is -2.08. The van der Waals surface area contributed by atoms with Crippen LogP contribution in [0.4, 0.5) is 0 Å². The van der Waals surface area contributed by atoms with E-state index in [2.05, 4.69) is 51.9 Å². The van der Waals surface area contributed by atoms with Gasteiger partial charge in [-0.3, -0.25) is 9.78 Å². The number of amides is 1. The van der Waals surface area contributed by atoms with E-state index in [9.17, 15) is 4.79 Å². The molecule has 0 aliphatic rings. The molecule has 3 aromatic rings. The van der Waals surface area contributed by atoms with E-state index >= 15 is 0 Å². The summed E-state index contributed by atoms with van der Waals surface area (Å²) in [6, 6.07) is 12.0. The average Bonchev–Trinajstić information content (AvgIpc) is 2.99. The number of rotatable bonds is 5. The predicted octanol–water partition coefficient (Wildman–Crippen LogP) is 2.98. The summed E-state index contributed by atoms with van der Waals surface area (Å²) in [4.78, 5) is 20.4. The maximum absolute atomic E-state index is 11.9. The van der Waals surface area contributed by atoms with E-state index in [0.29, 0.717) is 18.3 Å². The van der Waals surface area contributed by atoms with Gasteiger partial charge in [0, 0.05) is 18.8 Å². The van der Waals surface area contributed by atoms with Gasteiger partial charge in [0.1, 0.15) is 5.69 Å². The van der Waals surface area contributed by atoms with Crippen LogP contribution in [-0.4, -0.2) is 27.0 Å². The molecule has 0 fully saturated rings. The van der Waals surface area contributed by atoms with Gasteiger partial charge in [-0.2, -0.15) is 0 Å². The third-order valence-corrected chi connectivity index (χ3v) is 3.79. The molecule has 118 valence electrons. The van der Waals surface area contributed by atoms with Crippen molar-refractivity contribution < 1.29 is 4.79 Å². The highest BCUT2D eigenvalue weighted by Gasteiger charge is 2.07. The van der Waals surface area contributed by atoms with Gasteiger partial charge in [0.05, 0.1) is 17.4 Å². The largest absolute Gasteiger partial charge is 0.350 e. The first kappa shape index (κ1) is 15.2. The zero-order valence-electron chi connectivity index (χ0n) is 13.4. The van der Waals surface area contributed by atoms with Gasteiger partial charge < -0.3 is 9.88 Å². The van der Waals surface area contributed by atoms with Crippen molar-refractivity contribution in [3.8, 4) is 0 Å². The number of carbonyl (C=O) groups excluding carboxylic acids is 1. The topological polar surface area (TPSA) is 59.8 Å². The Morgan fingerprint density at radius 2 is 2.09 bits per heavy atom. The number of nitrogens with one attached hydrogen (secondary N) is 1. The second-order valence-electron chi connectivity index (χ2n) is 5.79. The number of hydrogen-bond donors (Lipinski definition) is 1. The van der Waals surface area contributed by atoms with Crippen LogP contribution in [0.3, 0.4) is 0 Å². The molecule has 2 aromatic heterocycles. The Balaban J connectivity index is 1.62. The van der Waals surface area contributed by atoms with Crippen LogP contribution in [0.1, 0.15) is 35.9 Å². The highest BCUT2D eigenvalue weighted by atomic mass is 16.1. The van der Waals surface area contributed by atoms with Crippen LogP contribution in [0.2, 0.25) is 0 Å². The predicted molar refractivity (Wildman–Crippen MR) is 90.4 cm³/mol. The standard InChI is InChI=1S/C18H20N4O/c1-13(2)22-12-21-16-11-14(6-7-17(16)22)8-10-20-18(23)15-5-3-4-9-19-15/h3-7,9,11-13H,8,10H2,1-2H3,(H,20,23). The van der Waals surface area contributed by atoms with E-state index in [4.69, 9.17) is 0 Å². The van der Waals surface area contributed by atoms with Crippen molar-refractivity contribution >= 4 is 16.9 Å². The van der Waals surface area contributed by atoms with Gasteiger partial charge in [-0.25, -0.2) is 4.98 Å². The molecule has 5 heteroatoms. The molecule has 0 saturated carbocycles. The van der Waals surface area contributed by atoms with E-state index in [0.717, 1.165) is 23.0 Å². The van der Waals surface area contributed by atoms with E-state index in [1.54, 1.807) is 24.4 Å². The highest BCUT2D eigenvalue weighted by molar-refractivity contribution is 5.92. The quantitative estimate of drug-likeness (QED) is 0.788. The van der Waals surface area contributed by atoms with Crippen LogP contribution in [-0.2, 0) is 6.42 Å². The summed E-state index contributed by atoms with van der Waals surface area (Å²) in [5, 5.41) is 2.89. The van der Waals surface area contributed by atoms with Crippen LogP contribution in [0.5, 0.6) is 0 Å². The average molecular weight is 308 g/mol. The van der Waals surface area contributed by atoms with E-state index in [-0.39, 0.29) is 5.91 Å². The summed E-state index contributed by atoms with van der Waals surface area (Å²) in [6.45, 7) is 4.86. The van der Waals surface area contributed by atoms with Crippen molar-refractivity contribution in [3.63, 3.8) is 0 Å². The maximum Gasteiger partial charge on any atom is 0.269 e. The summed E-state index contributed by atoms with van der Waals surface area (Å²) in [7, 11) is 0. The van der Waals surface area contributed by atoms with Crippen LogP contribution in [0.15, 0.2) is 48.9 Å². The summed E-state index contributed by atoms with van der Waals surface area (Å²) in [5.41, 5.74) is 3.74. The molecule has 0 spiro atoms. The lowest BCUT2D eigenvalue weighted by atomic mass is 10.1. The molecule has 23 heavy (non-hydrogen) atoms. The van der Waals surface area contributed by atoms with Gasteiger partial charge in [0.15, 0.2) is 0 Å². The Labute approximate surface area is 135 Å². The van der Waals surface area contributed by atoms with Gasteiger partial charge in [-0.05, 0) is 50.1 Å². The molecule has 2 heterocycles. The third kappa shape index (κ3) is 3.39. The SMILES string of the molecule is CC(C)n1cnc2cc(CCNC(=O)c3ccccn3)ccc21. The first-order valence-electron chi connectivity index (χ1n) is 7.80. The number of imidazole rings is 1. The summed E-state index contributed by atoms with van der Waals surface area (Å²) >= 11 is 0. The molecule has 0 bridgehead atoms. The molecule has 1 N–H and O–H groups in total. The Morgan fingerprint density at radius 1 is 1.22 bits per heavy atom. The van der Waals surface area contributed by atoms with Crippen molar-refractivity contribution in [1.82, 2.24) is 19.9 Å². The number of aromatic nitrogens is 3. The zero-order valence-corrected chi connectivity index (χ0v) is 13.4. The third-order valence-electron chi connectivity index (χ3n) is 3.79. The zero-order chi connectivity index (χ0) is 16.2. The first-order valence-corrected chi connectivity index (χ1v) is 7.80. The number of fused-ring (bicyclic) bond motifs is 1. The molecule has 0 saturated heterocycles. The number of hydrogen-bond acceptors (Lipinski definition) is 3. The van der Waals surface area contributed by atoms with Crippen LogP contribution >= 0.6 is 0 Å². The molecule has 1 aromatic carbocycles. The van der Waals surface area contributed by atoms with Gasteiger partial charge >= 0.3 is 0 Å². The molecule has 1 amide bonds. The Hall–Kier alpha value is -2.69. The summed E-state index contributed by atoms with van der Waals surface area (Å²) < 4.78 is 2.15. The monoisotopic (exact) mass is 308 g/mol. The molecule has 0 atom stereocenters. The molecule has 3 rings (SSSR count). The summed E-state index contributed by atoms with van der Waals surface area (Å²) in [5.74, 6) is -0.143. The van der Waals surface area contributed by atoms with Crippen molar-refractivity contribution in [2.75, 3.05) is 6.54 Å². The number of nitrogens with zero attached hydrogens (tertiary/aromatic N) is 3.